The first-order chi connectivity index (χ1) is 16.3. The smallest absolute Gasteiger partial charge is 0.255 e. The highest BCUT2D eigenvalue weighted by molar-refractivity contribution is 7.89. The van der Waals surface area contributed by atoms with Gasteiger partial charge in [0.2, 0.25) is 10.0 Å². The Labute approximate surface area is 199 Å². The van der Waals surface area contributed by atoms with E-state index < -0.39 is 22.5 Å². The Kier molecular flexibility index (Phi) is 8.39. The van der Waals surface area contributed by atoms with Gasteiger partial charge in [0.15, 0.2) is 0 Å². The lowest BCUT2D eigenvalue weighted by atomic mass is 10.2. The number of carbonyl (C=O) groups is 1. The summed E-state index contributed by atoms with van der Waals surface area (Å²) in [6.07, 6.45) is 1.47. The van der Waals surface area contributed by atoms with Gasteiger partial charge in [0.25, 0.3) is 5.91 Å². The summed E-state index contributed by atoms with van der Waals surface area (Å²) >= 11 is 0. The van der Waals surface area contributed by atoms with E-state index in [2.05, 4.69) is 10.5 Å². The van der Waals surface area contributed by atoms with Crippen LogP contribution in [0.3, 0.4) is 0 Å². The van der Waals surface area contributed by atoms with Crippen LogP contribution < -0.4 is 14.9 Å². The van der Waals surface area contributed by atoms with Gasteiger partial charge >= 0.3 is 0 Å². The molecule has 3 aromatic carbocycles. The molecule has 1 N–H and O–H groups in total. The van der Waals surface area contributed by atoms with Crippen LogP contribution in [0.25, 0.3) is 0 Å². The second-order valence-corrected chi connectivity index (χ2v) is 9.39. The molecule has 0 atom stereocenters. The summed E-state index contributed by atoms with van der Waals surface area (Å²) in [6.45, 7) is 1.39. The normalized spacial score (nSPS) is 11.5. The van der Waals surface area contributed by atoms with Gasteiger partial charge in [-0.05, 0) is 66.1 Å². The number of methoxy groups -OCH3 is 2. The molecule has 0 aromatic heterocycles. The standard InChI is InChI=1S/C25H27N3O5S/c1-19-15-23(13-14-24(19)33-3)34(30,31)28(17-21-7-5-4-6-8-21)18-25(29)27-26-16-20-9-11-22(32-2)12-10-20/h4-16H,17-18H2,1-3H3,(H,27,29). The van der Waals surface area contributed by atoms with Gasteiger partial charge in [0, 0.05) is 6.54 Å². The Morgan fingerprint density at radius 1 is 1.00 bits per heavy atom. The van der Waals surface area contributed by atoms with Gasteiger partial charge in [-0.3, -0.25) is 4.79 Å². The van der Waals surface area contributed by atoms with Crippen molar-refractivity contribution in [2.45, 2.75) is 18.4 Å². The molecule has 3 rings (SSSR count). The largest absolute Gasteiger partial charge is 0.497 e. The Morgan fingerprint density at radius 2 is 1.71 bits per heavy atom. The maximum absolute atomic E-state index is 13.4. The Hall–Kier alpha value is -3.69. The molecule has 178 valence electrons. The van der Waals surface area contributed by atoms with Gasteiger partial charge in [0.05, 0.1) is 31.9 Å². The lowest BCUT2D eigenvalue weighted by Crippen LogP contribution is -2.39. The zero-order chi connectivity index (χ0) is 24.6. The molecule has 0 aliphatic carbocycles. The number of aryl methyl sites for hydroxylation is 1. The number of ether oxygens (including phenoxy) is 2. The summed E-state index contributed by atoms with van der Waals surface area (Å²) in [4.78, 5) is 12.7. The van der Waals surface area contributed by atoms with E-state index in [-0.39, 0.29) is 11.4 Å². The quantitative estimate of drug-likeness (QED) is 0.354. The number of carbonyl (C=O) groups excluding carboxylic acids is 1. The SMILES string of the molecule is COc1ccc(C=NNC(=O)CN(Cc2ccccc2)S(=O)(=O)c2ccc(OC)c(C)c2)cc1. The van der Waals surface area contributed by atoms with Crippen molar-refractivity contribution in [3.05, 3.63) is 89.5 Å². The number of nitrogens with one attached hydrogen (secondary N) is 1. The fourth-order valence-corrected chi connectivity index (χ4v) is 4.71. The third kappa shape index (κ3) is 6.43. The molecule has 1 amide bonds. The van der Waals surface area contributed by atoms with E-state index in [9.17, 15) is 13.2 Å². The van der Waals surface area contributed by atoms with E-state index >= 15 is 0 Å². The number of benzene rings is 3. The summed E-state index contributed by atoms with van der Waals surface area (Å²) in [5.41, 5.74) is 4.59. The Morgan fingerprint density at radius 3 is 2.32 bits per heavy atom. The third-order valence-corrected chi connectivity index (χ3v) is 6.83. The van der Waals surface area contributed by atoms with Gasteiger partial charge < -0.3 is 9.47 Å². The predicted octanol–water partition coefficient (Wildman–Crippen LogP) is 3.35. The number of rotatable bonds is 10. The number of amides is 1. The average molecular weight is 482 g/mol. The summed E-state index contributed by atoms with van der Waals surface area (Å²) < 4.78 is 38.3. The van der Waals surface area contributed by atoms with Crippen molar-refractivity contribution in [2.75, 3.05) is 20.8 Å². The highest BCUT2D eigenvalue weighted by Crippen LogP contribution is 2.24. The summed E-state index contributed by atoms with van der Waals surface area (Å²) in [6, 6.07) is 20.8. The first kappa shape index (κ1) is 24.9. The average Bonchev–Trinajstić information content (AvgIpc) is 2.84. The minimum Gasteiger partial charge on any atom is -0.497 e. The van der Waals surface area contributed by atoms with Crippen LogP contribution >= 0.6 is 0 Å². The van der Waals surface area contributed by atoms with Crippen LogP contribution in [0, 0.1) is 6.92 Å². The van der Waals surface area contributed by atoms with Crippen LogP contribution in [-0.2, 0) is 21.4 Å². The molecule has 0 heterocycles. The van der Waals surface area contributed by atoms with Crippen LogP contribution in [-0.4, -0.2) is 45.6 Å². The number of sulfonamides is 1. The van der Waals surface area contributed by atoms with Gasteiger partial charge in [-0.2, -0.15) is 9.41 Å². The van der Waals surface area contributed by atoms with E-state index in [1.165, 1.54) is 25.5 Å². The lowest BCUT2D eigenvalue weighted by molar-refractivity contribution is -0.121. The molecule has 0 saturated heterocycles. The fraction of sp³-hybridized carbons (Fsp3) is 0.200. The van der Waals surface area contributed by atoms with Crippen molar-refractivity contribution in [3.8, 4) is 11.5 Å². The number of hydrogen-bond donors (Lipinski definition) is 1. The monoisotopic (exact) mass is 481 g/mol. The highest BCUT2D eigenvalue weighted by atomic mass is 32.2. The van der Waals surface area contributed by atoms with Gasteiger partial charge in [-0.15, -0.1) is 0 Å². The first-order valence-corrected chi connectivity index (χ1v) is 11.9. The second kappa shape index (κ2) is 11.4. The van der Waals surface area contributed by atoms with Crippen LogP contribution in [0.4, 0.5) is 0 Å². The Balaban J connectivity index is 1.78. The van der Waals surface area contributed by atoms with Crippen LogP contribution in [0.1, 0.15) is 16.7 Å². The summed E-state index contributed by atoms with van der Waals surface area (Å²) in [5, 5.41) is 3.95. The molecule has 0 radical (unpaired) electrons. The molecule has 0 saturated carbocycles. The van der Waals surface area contributed by atoms with Crippen molar-refractivity contribution >= 4 is 22.1 Å². The molecular weight excluding hydrogens is 454 g/mol. The third-order valence-electron chi connectivity index (χ3n) is 5.04. The number of hydrogen-bond acceptors (Lipinski definition) is 6. The van der Waals surface area contributed by atoms with Crippen molar-refractivity contribution < 1.29 is 22.7 Å². The van der Waals surface area contributed by atoms with E-state index in [1.807, 2.05) is 30.3 Å². The first-order valence-electron chi connectivity index (χ1n) is 10.5. The highest BCUT2D eigenvalue weighted by Gasteiger charge is 2.27. The topological polar surface area (TPSA) is 97.3 Å². The summed E-state index contributed by atoms with van der Waals surface area (Å²) in [7, 11) is -0.877. The van der Waals surface area contributed by atoms with Gasteiger partial charge in [-0.25, -0.2) is 13.8 Å². The molecule has 0 bridgehead atoms. The van der Waals surface area contributed by atoms with E-state index in [4.69, 9.17) is 9.47 Å². The lowest BCUT2D eigenvalue weighted by Gasteiger charge is -2.22. The Bertz CT molecular complexity index is 1240. The minimum absolute atomic E-state index is 0.0316. The molecule has 0 unspecified atom stereocenters. The molecule has 3 aromatic rings. The van der Waals surface area contributed by atoms with Crippen molar-refractivity contribution in [2.24, 2.45) is 5.10 Å². The van der Waals surface area contributed by atoms with E-state index in [0.717, 1.165) is 15.4 Å². The van der Waals surface area contributed by atoms with Crippen LogP contribution in [0.2, 0.25) is 0 Å². The van der Waals surface area contributed by atoms with E-state index in [0.29, 0.717) is 17.1 Å². The van der Waals surface area contributed by atoms with Gasteiger partial charge in [0.1, 0.15) is 11.5 Å². The molecule has 0 aliphatic heterocycles. The molecule has 9 heteroatoms. The second-order valence-electron chi connectivity index (χ2n) is 7.46. The molecule has 0 fully saturated rings. The minimum atomic E-state index is -3.98. The predicted molar refractivity (Wildman–Crippen MR) is 130 cm³/mol. The summed E-state index contributed by atoms with van der Waals surface area (Å²) in [5.74, 6) is 0.727. The maximum Gasteiger partial charge on any atom is 0.255 e. The molecule has 0 aliphatic rings. The van der Waals surface area contributed by atoms with Crippen molar-refractivity contribution in [1.29, 1.82) is 0 Å². The van der Waals surface area contributed by atoms with Crippen LogP contribution in [0.5, 0.6) is 11.5 Å². The fourth-order valence-electron chi connectivity index (χ4n) is 3.24. The van der Waals surface area contributed by atoms with Crippen LogP contribution in [0.15, 0.2) is 82.8 Å². The zero-order valence-corrected chi connectivity index (χ0v) is 20.1. The molecule has 8 nitrogen and oxygen atoms in total. The number of nitrogens with zero attached hydrogens (tertiary/aromatic N) is 2. The molecular formula is C25H27N3O5S. The van der Waals surface area contributed by atoms with Crippen molar-refractivity contribution in [3.63, 3.8) is 0 Å². The van der Waals surface area contributed by atoms with Crippen molar-refractivity contribution in [1.82, 2.24) is 9.73 Å². The van der Waals surface area contributed by atoms with Gasteiger partial charge in [-0.1, -0.05) is 30.3 Å². The number of hydrazone groups is 1. The molecule has 0 spiro atoms. The zero-order valence-electron chi connectivity index (χ0n) is 19.3. The maximum atomic E-state index is 13.4. The molecule has 34 heavy (non-hydrogen) atoms. The van der Waals surface area contributed by atoms with E-state index in [1.54, 1.807) is 44.4 Å².